The fourth-order valence-electron chi connectivity index (χ4n) is 9.99. The number of aliphatic hydroxyl groups is 3. The Morgan fingerprint density at radius 3 is 2.12 bits per heavy atom. The van der Waals surface area contributed by atoms with E-state index in [9.17, 15) is 15.3 Å². The number of aliphatic hydroxyl groups excluding tert-OH is 1. The van der Waals surface area contributed by atoms with Crippen LogP contribution in [0.1, 0.15) is 72.6 Å². The number of ether oxygens (including phenoxy) is 4. The van der Waals surface area contributed by atoms with E-state index in [1.165, 1.54) is 0 Å². The van der Waals surface area contributed by atoms with E-state index in [1.54, 1.807) is 0 Å². The molecule has 0 unspecified atom stereocenters. The first-order chi connectivity index (χ1) is 15.4. The summed E-state index contributed by atoms with van der Waals surface area (Å²) in [6, 6.07) is 0. The first-order valence-corrected chi connectivity index (χ1v) is 13.1. The second-order valence-corrected chi connectivity index (χ2v) is 12.8. The predicted molar refractivity (Wildman–Crippen MR) is 119 cm³/mol. The van der Waals surface area contributed by atoms with Crippen LogP contribution in [0.25, 0.3) is 0 Å². The van der Waals surface area contributed by atoms with E-state index < -0.39 is 39.7 Å². The molecule has 0 aromatic rings. The van der Waals surface area contributed by atoms with Gasteiger partial charge in [-0.05, 0) is 62.7 Å². The molecular formula is C26H42O7. The van der Waals surface area contributed by atoms with Gasteiger partial charge in [-0.15, -0.1) is 0 Å². The van der Waals surface area contributed by atoms with Gasteiger partial charge in [0.05, 0.1) is 38.1 Å². The van der Waals surface area contributed by atoms with Crippen LogP contribution in [0.5, 0.6) is 0 Å². The normalized spacial score (nSPS) is 57.0. The molecule has 6 fully saturated rings. The van der Waals surface area contributed by atoms with Crippen molar-refractivity contribution in [2.75, 3.05) is 26.4 Å². The van der Waals surface area contributed by atoms with Crippen LogP contribution in [-0.2, 0) is 18.9 Å². The number of rotatable bonds is 1. The highest BCUT2D eigenvalue weighted by Crippen LogP contribution is 2.72. The molecule has 188 valence electrons. The van der Waals surface area contributed by atoms with Crippen molar-refractivity contribution < 1.29 is 34.3 Å². The van der Waals surface area contributed by atoms with Crippen molar-refractivity contribution in [3.05, 3.63) is 0 Å². The van der Waals surface area contributed by atoms with Crippen LogP contribution in [0, 0.1) is 34.5 Å². The molecule has 2 heterocycles. The van der Waals surface area contributed by atoms with Crippen molar-refractivity contribution in [2.24, 2.45) is 34.5 Å². The van der Waals surface area contributed by atoms with Crippen LogP contribution in [0.4, 0.5) is 0 Å². The Morgan fingerprint density at radius 2 is 1.45 bits per heavy atom. The van der Waals surface area contributed by atoms with Crippen molar-refractivity contribution in [3.63, 3.8) is 0 Å². The zero-order valence-corrected chi connectivity index (χ0v) is 20.6. The highest BCUT2D eigenvalue weighted by molar-refractivity contribution is 5.23. The smallest absolute Gasteiger partial charge is 0.195 e. The molecule has 2 saturated heterocycles. The van der Waals surface area contributed by atoms with Gasteiger partial charge in [0.2, 0.25) is 0 Å². The minimum atomic E-state index is -1.15. The van der Waals surface area contributed by atoms with Gasteiger partial charge in [-0.2, -0.15) is 0 Å². The number of hydrogen-bond acceptors (Lipinski definition) is 7. The average Bonchev–Trinajstić information content (AvgIpc) is 3.45. The van der Waals surface area contributed by atoms with Gasteiger partial charge in [0.15, 0.2) is 11.6 Å². The third kappa shape index (κ3) is 2.66. The van der Waals surface area contributed by atoms with Crippen molar-refractivity contribution in [2.45, 2.75) is 102 Å². The summed E-state index contributed by atoms with van der Waals surface area (Å²) in [5.41, 5.74) is -3.04. The Balaban J connectivity index is 1.37. The molecule has 2 aliphatic heterocycles. The van der Waals surface area contributed by atoms with Gasteiger partial charge >= 0.3 is 0 Å². The van der Waals surface area contributed by atoms with Crippen molar-refractivity contribution in [1.29, 1.82) is 0 Å². The first kappa shape index (κ1) is 23.1. The van der Waals surface area contributed by atoms with Crippen LogP contribution < -0.4 is 0 Å². The molecule has 7 heteroatoms. The maximum atomic E-state index is 12.3. The summed E-state index contributed by atoms with van der Waals surface area (Å²) in [4.78, 5) is 0. The molecule has 6 rings (SSSR count). The monoisotopic (exact) mass is 466 g/mol. The van der Waals surface area contributed by atoms with Gasteiger partial charge in [0.25, 0.3) is 0 Å². The Hall–Kier alpha value is -0.280. The summed E-state index contributed by atoms with van der Waals surface area (Å²) in [6.07, 6.45) is 4.22. The molecular weight excluding hydrogens is 424 g/mol. The first-order valence-electron chi connectivity index (χ1n) is 13.1. The molecule has 4 saturated carbocycles. The standard InChI is InChI=1S/C26H42O7/c1-16-13-17-18-5-6-26(29,23(4)30-9-10-31-23)22(18,3)14-19(27)20(17)21(2)7-8-24(15-25(16,21)28)32-11-12-33-24/h16-20,27-29H,5-15H2,1-4H3/t16-,17-,18-,19-,20+,21+,22-,25+,26+/m0/s1. The number of fused-ring (bicyclic) bond motifs is 5. The van der Waals surface area contributed by atoms with Crippen molar-refractivity contribution >= 4 is 0 Å². The lowest BCUT2D eigenvalue weighted by atomic mass is 9.40. The van der Waals surface area contributed by atoms with E-state index in [-0.39, 0.29) is 23.7 Å². The summed E-state index contributed by atoms with van der Waals surface area (Å²) in [5, 5.41) is 36.2. The van der Waals surface area contributed by atoms with Crippen LogP contribution in [0.2, 0.25) is 0 Å². The molecule has 4 aliphatic carbocycles. The van der Waals surface area contributed by atoms with E-state index in [0.29, 0.717) is 45.7 Å². The van der Waals surface area contributed by atoms with Gasteiger partial charge in [0.1, 0.15) is 5.60 Å². The fourth-order valence-corrected chi connectivity index (χ4v) is 9.99. The maximum absolute atomic E-state index is 12.3. The molecule has 0 radical (unpaired) electrons. The molecule has 7 nitrogen and oxygen atoms in total. The van der Waals surface area contributed by atoms with Gasteiger partial charge < -0.3 is 34.3 Å². The summed E-state index contributed by atoms with van der Waals surface area (Å²) in [5.74, 6) is -1.20. The topological polar surface area (TPSA) is 97.6 Å². The van der Waals surface area contributed by atoms with E-state index in [0.717, 1.165) is 25.7 Å². The van der Waals surface area contributed by atoms with Gasteiger partial charge in [-0.25, -0.2) is 0 Å². The Kier molecular flexibility index (Phi) is 4.86. The van der Waals surface area contributed by atoms with Crippen LogP contribution >= 0.6 is 0 Å². The molecule has 0 bridgehead atoms. The fraction of sp³-hybridized carbons (Fsp3) is 1.00. The quantitative estimate of drug-likeness (QED) is 0.546. The lowest BCUT2D eigenvalue weighted by Gasteiger charge is -2.68. The highest BCUT2D eigenvalue weighted by atomic mass is 16.8. The second kappa shape index (κ2) is 6.93. The summed E-state index contributed by atoms with van der Waals surface area (Å²) >= 11 is 0. The van der Waals surface area contributed by atoms with Gasteiger partial charge in [0, 0.05) is 23.7 Å². The van der Waals surface area contributed by atoms with Crippen molar-refractivity contribution in [1.82, 2.24) is 0 Å². The van der Waals surface area contributed by atoms with Crippen LogP contribution in [0.3, 0.4) is 0 Å². The SMILES string of the molecule is C[C@H]1C[C@@H]2[C@H]([C@@H](O)C[C@@]3(C)[C@H]2CC[C@]3(O)C2(C)OCCO2)[C@@]2(C)CCC3(C[C@@]12O)OCCO3. The van der Waals surface area contributed by atoms with Crippen LogP contribution in [-0.4, -0.2) is 70.6 Å². The van der Waals surface area contributed by atoms with E-state index in [1.807, 2.05) is 6.92 Å². The lowest BCUT2D eigenvalue weighted by molar-refractivity contribution is -0.330. The van der Waals surface area contributed by atoms with E-state index in [4.69, 9.17) is 18.9 Å². The molecule has 3 N–H and O–H groups in total. The van der Waals surface area contributed by atoms with Crippen LogP contribution in [0.15, 0.2) is 0 Å². The lowest BCUT2D eigenvalue weighted by Crippen LogP contribution is -2.72. The third-order valence-corrected chi connectivity index (χ3v) is 11.7. The summed E-state index contributed by atoms with van der Waals surface area (Å²) < 4.78 is 24.0. The average molecular weight is 467 g/mol. The summed E-state index contributed by atoms with van der Waals surface area (Å²) in [7, 11) is 0. The Labute approximate surface area is 197 Å². The largest absolute Gasteiger partial charge is 0.393 e. The molecule has 0 aromatic heterocycles. The Bertz CT molecular complexity index is 806. The third-order valence-electron chi connectivity index (χ3n) is 11.7. The summed E-state index contributed by atoms with van der Waals surface area (Å²) in [6.45, 7) is 10.5. The highest BCUT2D eigenvalue weighted by Gasteiger charge is 2.75. The minimum Gasteiger partial charge on any atom is -0.393 e. The molecule has 1 spiro atoms. The number of hydrogen-bond donors (Lipinski definition) is 3. The minimum absolute atomic E-state index is 0.0175. The zero-order valence-electron chi connectivity index (χ0n) is 20.6. The molecule has 0 amide bonds. The molecule has 0 aromatic carbocycles. The molecule has 6 aliphatic rings. The van der Waals surface area contributed by atoms with E-state index >= 15 is 0 Å². The molecule has 33 heavy (non-hydrogen) atoms. The van der Waals surface area contributed by atoms with Gasteiger partial charge in [-0.1, -0.05) is 20.8 Å². The Morgan fingerprint density at radius 1 is 0.818 bits per heavy atom. The zero-order chi connectivity index (χ0) is 23.5. The maximum Gasteiger partial charge on any atom is 0.195 e. The van der Waals surface area contributed by atoms with Gasteiger partial charge in [-0.3, -0.25) is 0 Å². The second-order valence-electron chi connectivity index (χ2n) is 12.8. The predicted octanol–water partition coefficient (Wildman–Crippen LogP) is 2.60. The molecule has 9 atom stereocenters. The van der Waals surface area contributed by atoms with E-state index in [2.05, 4.69) is 20.8 Å². The van der Waals surface area contributed by atoms with Crippen molar-refractivity contribution in [3.8, 4) is 0 Å².